The monoisotopic (exact) mass is 309 g/mol. The minimum absolute atomic E-state index is 0.0515. The van der Waals surface area contributed by atoms with E-state index in [0.717, 1.165) is 30.4 Å². The van der Waals surface area contributed by atoms with E-state index in [2.05, 4.69) is 36.5 Å². The van der Waals surface area contributed by atoms with Crippen LogP contribution in [0.15, 0.2) is 54.6 Å². The molecule has 3 heteroatoms. The lowest BCUT2D eigenvalue weighted by atomic mass is 9.96. The van der Waals surface area contributed by atoms with Gasteiger partial charge >= 0.3 is 0 Å². The van der Waals surface area contributed by atoms with Crippen LogP contribution in [0.3, 0.4) is 0 Å². The molecule has 1 amide bonds. The quantitative estimate of drug-likeness (QED) is 0.910. The number of hydrogen-bond donors (Lipinski definition) is 2. The maximum atomic E-state index is 12.6. The molecule has 3 rings (SSSR count). The molecule has 0 radical (unpaired) electrons. The van der Waals surface area contributed by atoms with Gasteiger partial charge in [0, 0.05) is 0 Å². The van der Waals surface area contributed by atoms with Crippen LogP contribution < -0.4 is 5.32 Å². The highest BCUT2D eigenvalue weighted by Gasteiger charge is 2.32. The molecule has 2 N–H and O–H groups in total. The first kappa shape index (κ1) is 15.8. The predicted octanol–water partition coefficient (Wildman–Crippen LogP) is 3.36. The van der Waals surface area contributed by atoms with E-state index >= 15 is 0 Å². The molecule has 0 aliphatic heterocycles. The number of nitrogens with one attached hydrogen (secondary N) is 1. The number of amides is 1. The van der Waals surface area contributed by atoms with Gasteiger partial charge in [0.15, 0.2) is 0 Å². The molecule has 0 spiro atoms. The Balaban J connectivity index is 1.86. The van der Waals surface area contributed by atoms with Crippen LogP contribution in [0.5, 0.6) is 0 Å². The number of aliphatic hydroxyl groups is 1. The van der Waals surface area contributed by atoms with Gasteiger partial charge in [-0.25, -0.2) is 0 Å². The Kier molecular flexibility index (Phi) is 4.77. The molecule has 120 valence electrons. The number of carbonyl (C=O) groups is 1. The molecule has 23 heavy (non-hydrogen) atoms. The van der Waals surface area contributed by atoms with Crippen molar-refractivity contribution in [2.75, 3.05) is 0 Å². The van der Waals surface area contributed by atoms with E-state index in [-0.39, 0.29) is 17.9 Å². The largest absolute Gasteiger partial charge is 0.392 e. The fourth-order valence-corrected chi connectivity index (χ4v) is 3.26. The first-order valence-electron chi connectivity index (χ1n) is 8.25. The third-order valence-electron chi connectivity index (χ3n) is 4.65. The number of aryl methyl sites for hydroxylation is 1. The van der Waals surface area contributed by atoms with Crippen LogP contribution in [0, 0.1) is 12.8 Å². The van der Waals surface area contributed by atoms with Gasteiger partial charge in [0.25, 0.3) is 0 Å². The summed E-state index contributed by atoms with van der Waals surface area (Å²) in [7, 11) is 0. The summed E-state index contributed by atoms with van der Waals surface area (Å²) in [6.07, 6.45) is 1.89. The molecule has 0 bridgehead atoms. The maximum absolute atomic E-state index is 12.6. The molecule has 2 aromatic carbocycles. The summed E-state index contributed by atoms with van der Waals surface area (Å²) < 4.78 is 0. The fraction of sp³-hybridized carbons (Fsp3) is 0.350. The zero-order valence-corrected chi connectivity index (χ0v) is 13.4. The van der Waals surface area contributed by atoms with Crippen molar-refractivity contribution >= 4 is 5.91 Å². The van der Waals surface area contributed by atoms with E-state index in [0.29, 0.717) is 0 Å². The molecule has 3 atom stereocenters. The summed E-state index contributed by atoms with van der Waals surface area (Å²) in [5, 5.41) is 13.1. The highest BCUT2D eigenvalue weighted by Crippen LogP contribution is 2.28. The zero-order chi connectivity index (χ0) is 16.2. The second-order valence-corrected chi connectivity index (χ2v) is 6.37. The SMILES string of the molecule is Cc1ccc(C(NC(=O)C2CCCC2O)c2ccccc2)cc1. The van der Waals surface area contributed by atoms with Crippen molar-refractivity contribution in [3.63, 3.8) is 0 Å². The Morgan fingerprint density at radius 1 is 1.04 bits per heavy atom. The summed E-state index contributed by atoms with van der Waals surface area (Å²) in [6.45, 7) is 2.05. The standard InChI is InChI=1S/C20H23NO2/c1-14-10-12-16(13-11-14)19(15-6-3-2-4-7-15)21-20(23)17-8-5-9-18(17)22/h2-4,6-7,10-13,17-19,22H,5,8-9H2,1H3,(H,21,23). The first-order valence-corrected chi connectivity index (χ1v) is 8.25. The normalized spacial score (nSPS) is 21.8. The smallest absolute Gasteiger partial charge is 0.226 e. The van der Waals surface area contributed by atoms with Gasteiger partial charge in [-0.1, -0.05) is 60.2 Å². The van der Waals surface area contributed by atoms with E-state index in [1.807, 2.05) is 30.3 Å². The maximum Gasteiger partial charge on any atom is 0.226 e. The molecule has 1 fully saturated rings. The van der Waals surface area contributed by atoms with Crippen molar-refractivity contribution in [2.45, 2.75) is 38.3 Å². The molecule has 0 heterocycles. The van der Waals surface area contributed by atoms with Crippen LogP contribution in [0.2, 0.25) is 0 Å². The van der Waals surface area contributed by atoms with Gasteiger partial charge in [-0.15, -0.1) is 0 Å². The Hall–Kier alpha value is -2.13. The second kappa shape index (κ2) is 6.97. The van der Waals surface area contributed by atoms with Gasteiger partial charge in [-0.05, 0) is 37.3 Å². The first-order chi connectivity index (χ1) is 11.1. The van der Waals surface area contributed by atoms with Crippen LogP contribution in [-0.4, -0.2) is 17.1 Å². The summed E-state index contributed by atoms with van der Waals surface area (Å²) in [6, 6.07) is 18.0. The lowest BCUT2D eigenvalue weighted by Gasteiger charge is -2.23. The molecule has 1 aliphatic rings. The highest BCUT2D eigenvalue weighted by molar-refractivity contribution is 5.80. The number of aliphatic hydroxyl groups excluding tert-OH is 1. The number of carbonyl (C=O) groups excluding carboxylic acids is 1. The molecule has 3 nitrogen and oxygen atoms in total. The van der Waals surface area contributed by atoms with Gasteiger partial charge in [0.05, 0.1) is 18.1 Å². The molecule has 1 saturated carbocycles. The van der Waals surface area contributed by atoms with E-state index in [1.54, 1.807) is 0 Å². The molecule has 0 aromatic heterocycles. The average molecular weight is 309 g/mol. The van der Waals surface area contributed by atoms with Crippen molar-refractivity contribution in [3.8, 4) is 0 Å². The minimum atomic E-state index is -0.510. The Bertz CT molecular complexity index is 651. The lowest BCUT2D eigenvalue weighted by molar-refractivity contribution is -0.128. The topological polar surface area (TPSA) is 49.3 Å². The number of hydrogen-bond acceptors (Lipinski definition) is 2. The molecule has 0 saturated heterocycles. The van der Waals surface area contributed by atoms with Gasteiger partial charge in [0.1, 0.15) is 0 Å². The van der Waals surface area contributed by atoms with E-state index in [1.165, 1.54) is 5.56 Å². The molecule has 3 unspecified atom stereocenters. The van der Waals surface area contributed by atoms with Crippen LogP contribution in [0.1, 0.15) is 42.0 Å². The van der Waals surface area contributed by atoms with Crippen molar-refractivity contribution in [1.82, 2.24) is 5.32 Å². The van der Waals surface area contributed by atoms with Gasteiger partial charge in [-0.2, -0.15) is 0 Å². The molecule has 1 aliphatic carbocycles. The van der Waals surface area contributed by atoms with E-state index in [4.69, 9.17) is 0 Å². The van der Waals surface area contributed by atoms with Gasteiger partial charge < -0.3 is 10.4 Å². The van der Waals surface area contributed by atoms with Crippen LogP contribution in [0.25, 0.3) is 0 Å². The summed E-state index contributed by atoms with van der Waals surface area (Å²) >= 11 is 0. The van der Waals surface area contributed by atoms with Crippen LogP contribution >= 0.6 is 0 Å². The fourth-order valence-electron chi connectivity index (χ4n) is 3.26. The Labute approximate surface area is 137 Å². The Morgan fingerprint density at radius 3 is 2.30 bits per heavy atom. The van der Waals surface area contributed by atoms with E-state index in [9.17, 15) is 9.90 Å². The summed E-state index contributed by atoms with van der Waals surface area (Å²) in [5.74, 6) is -0.337. The predicted molar refractivity (Wildman–Crippen MR) is 91.0 cm³/mol. The summed E-state index contributed by atoms with van der Waals surface area (Å²) in [4.78, 5) is 12.6. The lowest BCUT2D eigenvalue weighted by Crippen LogP contribution is -2.37. The summed E-state index contributed by atoms with van der Waals surface area (Å²) in [5.41, 5.74) is 3.30. The minimum Gasteiger partial charge on any atom is -0.392 e. The Morgan fingerprint density at radius 2 is 1.70 bits per heavy atom. The third kappa shape index (κ3) is 3.62. The zero-order valence-electron chi connectivity index (χ0n) is 13.4. The van der Waals surface area contributed by atoms with Gasteiger partial charge in [0.2, 0.25) is 5.91 Å². The molecular formula is C20H23NO2. The molecule has 2 aromatic rings. The van der Waals surface area contributed by atoms with Crippen molar-refractivity contribution < 1.29 is 9.90 Å². The average Bonchev–Trinajstić information content (AvgIpc) is 3.00. The molecular weight excluding hydrogens is 286 g/mol. The van der Waals surface area contributed by atoms with Crippen molar-refractivity contribution in [2.24, 2.45) is 5.92 Å². The van der Waals surface area contributed by atoms with Crippen molar-refractivity contribution in [1.29, 1.82) is 0 Å². The number of benzene rings is 2. The third-order valence-corrected chi connectivity index (χ3v) is 4.65. The van der Waals surface area contributed by atoms with Gasteiger partial charge in [-0.3, -0.25) is 4.79 Å². The second-order valence-electron chi connectivity index (χ2n) is 6.37. The van der Waals surface area contributed by atoms with E-state index < -0.39 is 6.10 Å². The van der Waals surface area contributed by atoms with Crippen LogP contribution in [-0.2, 0) is 4.79 Å². The van der Waals surface area contributed by atoms with Crippen LogP contribution in [0.4, 0.5) is 0 Å². The number of rotatable bonds is 4. The van der Waals surface area contributed by atoms with Crippen molar-refractivity contribution in [3.05, 3.63) is 71.3 Å². The highest BCUT2D eigenvalue weighted by atomic mass is 16.3.